The van der Waals surface area contributed by atoms with Crippen LogP contribution in [0.4, 0.5) is 13.2 Å². The number of fused-ring (bicyclic) bond motifs is 1. The molecule has 0 unspecified atom stereocenters. The summed E-state index contributed by atoms with van der Waals surface area (Å²) in [5.74, 6) is 1.36. The summed E-state index contributed by atoms with van der Waals surface area (Å²) in [7, 11) is 0. The van der Waals surface area contributed by atoms with Gasteiger partial charge in [0, 0.05) is 0 Å². The summed E-state index contributed by atoms with van der Waals surface area (Å²) in [4.78, 5) is 0. The van der Waals surface area contributed by atoms with E-state index in [0.29, 0.717) is 5.92 Å². The normalized spacial score (nSPS) is 19.7. The molecule has 0 radical (unpaired) electrons. The number of ether oxygens (including phenoxy) is 1. The SMILES string of the molecule is CCCC1CCC(c2ccc3cc(-c4ccc(OC(F)(F)F)cc4)ccc3c2)CC1. The van der Waals surface area contributed by atoms with Gasteiger partial charge in [-0.05, 0) is 83.2 Å². The Morgan fingerprint density at radius 2 is 1.43 bits per heavy atom. The maximum atomic E-state index is 12.3. The molecule has 0 spiro atoms. The fourth-order valence-electron chi connectivity index (χ4n) is 4.74. The molecule has 0 saturated heterocycles. The quantitative estimate of drug-likeness (QED) is 0.408. The van der Waals surface area contributed by atoms with E-state index in [1.54, 1.807) is 12.1 Å². The first-order valence-electron chi connectivity index (χ1n) is 10.8. The summed E-state index contributed by atoms with van der Waals surface area (Å²) in [5, 5.41) is 2.36. The average Bonchev–Trinajstić information content (AvgIpc) is 2.73. The van der Waals surface area contributed by atoms with Crippen LogP contribution in [0.3, 0.4) is 0 Å². The van der Waals surface area contributed by atoms with Crippen molar-refractivity contribution in [1.82, 2.24) is 0 Å². The molecule has 0 aromatic heterocycles. The molecule has 4 rings (SSSR count). The zero-order valence-corrected chi connectivity index (χ0v) is 17.2. The molecule has 1 aliphatic carbocycles. The lowest BCUT2D eigenvalue weighted by molar-refractivity contribution is -0.274. The average molecular weight is 412 g/mol. The molecule has 0 heterocycles. The number of hydrogen-bond donors (Lipinski definition) is 0. The monoisotopic (exact) mass is 412 g/mol. The van der Waals surface area contributed by atoms with Crippen molar-refractivity contribution in [3.8, 4) is 16.9 Å². The molecular weight excluding hydrogens is 385 g/mol. The summed E-state index contributed by atoms with van der Waals surface area (Å²) in [6.45, 7) is 2.27. The number of halogens is 3. The van der Waals surface area contributed by atoms with Crippen LogP contribution in [0.25, 0.3) is 21.9 Å². The first-order valence-corrected chi connectivity index (χ1v) is 10.8. The van der Waals surface area contributed by atoms with Gasteiger partial charge in [-0.1, -0.05) is 62.2 Å². The zero-order valence-electron chi connectivity index (χ0n) is 17.2. The van der Waals surface area contributed by atoms with Crippen LogP contribution in [-0.2, 0) is 0 Å². The van der Waals surface area contributed by atoms with E-state index < -0.39 is 6.36 Å². The summed E-state index contributed by atoms with van der Waals surface area (Å²) in [6, 6.07) is 19.0. The summed E-state index contributed by atoms with van der Waals surface area (Å²) >= 11 is 0. The summed E-state index contributed by atoms with van der Waals surface area (Å²) in [6.07, 6.45) is 3.20. The Morgan fingerprint density at radius 3 is 2.10 bits per heavy atom. The second kappa shape index (κ2) is 8.71. The van der Waals surface area contributed by atoms with E-state index in [1.165, 1.54) is 61.6 Å². The third-order valence-electron chi connectivity index (χ3n) is 6.30. The van der Waals surface area contributed by atoms with Gasteiger partial charge in [-0.25, -0.2) is 0 Å². The Hall–Kier alpha value is -2.49. The standard InChI is InChI=1S/C26H27F3O/c1-2-3-18-4-6-19(7-5-18)21-8-10-24-17-22(9-11-23(24)16-21)20-12-14-25(15-13-20)30-26(27,28)29/h8-19H,2-7H2,1H3. The van der Waals surface area contributed by atoms with Crippen LogP contribution in [0.5, 0.6) is 5.75 Å². The van der Waals surface area contributed by atoms with Crippen LogP contribution in [0.15, 0.2) is 60.7 Å². The van der Waals surface area contributed by atoms with E-state index in [4.69, 9.17) is 0 Å². The molecule has 4 heteroatoms. The number of benzene rings is 3. The molecule has 30 heavy (non-hydrogen) atoms. The highest BCUT2D eigenvalue weighted by molar-refractivity contribution is 5.88. The molecule has 1 nitrogen and oxygen atoms in total. The molecule has 0 N–H and O–H groups in total. The van der Waals surface area contributed by atoms with Crippen LogP contribution in [0.1, 0.15) is 56.9 Å². The van der Waals surface area contributed by atoms with Crippen LogP contribution in [0.2, 0.25) is 0 Å². The minimum Gasteiger partial charge on any atom is -0.406 e. The Balaban J connectivity index is 1.49. The van der Waals surface area contributed by atoms with Crippen molar-refractivity contribution in [2.45, 2.75) is 57.7 Å². The molecule has 0 bridgehead atoms. The van der Waals surface area contributed by atoms with Gasteiger partial charge in [-0.2, -0.15) is 0 Å². The fraction of sp³-hybridized carbons (Fsp3) is 0.385. The smallest absolute Gasteiger partial charge is 0.406 e. The van der Waals surface area contributed by atoms with Crippen LogP contribution >= 0.6 is 0 Å². The Bertz CT molecular complexity index is 983. The van der Waals surface area contributed by atoms with Gasteiger partial charge in [0.15, 0.2) is 0 Å². The number of alkyl halides is 3. The van der Waals surface area contributed by atoms with Crippen molar-refractivity contribution in [3.63, 3.8) is 0 Å². The summed E-state index contributed by atoms with van der Waals surface area (Å²) in [5.41, 5.74) is 3.28. The molecule has 3 aromatic rings. The van der Waals surface area contributed by atoms with E-state index in [9.17, 15) is 13.2 Å². The van der Waals surface area contributed by atoms with Gasteiger partial charge in [0.25, 0.3) is 0 Å². The van der Waals surface area contributed by atoms with E-state index in [-0.39, 0.29) is 5.75 Å². The third kappa shape index (κ3) is 4.97. The van der Waals surface area contributed by atoms with Gasteiger partial charge in [-0.15, -0.1) is 13.2 Å². The topological polar surface area (TPSA) is 9.23 Å². The lowest BCUT2D eigenvalue weighted by atomic mass is 9.77. The minimum absolute atomic E-state index is 0.203. The molecule has 1 fully saturated rings. The zero-order chi connectivity index (χ0) is 21.1. The van der Waals surface area contributed by atoms with E-state index in [2.05, 4.69) is 42.0 Å². The second-order valence-corrected chi connectivity index (χ2v) is 8.40. The van der Waals surface area contributed by atoms with E-state index in [1.807, 2.05) is 6.07 Å². The maximum Gasteiger partial charge on any atom is 0.573 e. The predicted octanol–water partition coefficient (Wildman–Crippen LogP) is 8.48. The van der Waals surface area contributed by atoms with Gasteiger partial charge >= 0.3 is 6.36 Å². The van der Waals surface area contributed by atoms with E-state index >= 15 is 0 Å². The minimum atomic E-state index is -4.67. The van der Waals surface area contributed by atoms with Crippen LogP contribution in [-0.4, -0.2) is 6.36 Å². The highest BCUT2D eigenvalue weighted by atomic mass is 19.4. The molecule has 0 amide bonds. The molecule has 1 saturated carbocycles. The number of hydrogen-bond acceptors (Lipinski definition) is 1. The molecule has 0 atom stereocenters. The van der Waals surface area contributed by atoms with Crippen molar-refractivity contribution in [2.75, 3.05) is 0 Å². The first kappa shape index (κ1) is 20.8. The molecule has 0 aliphatic heterocycles. The fourth-order valence-corrected chi connectivity index (χ4v) is 4.74. The first-order chi connectivity index (χ1) is 14.4. The molecule has 3 aromatic carbocycles. The highest BCUT2D eigenvalue weighted by Crippen LogP contribution is 2.38. The summed E-state index contributed by atoms with van der Waals surface area (Å²) < 4.78 is 41.0. The van der Waals surface area contributed by atoms with Crippen molar-refractivity contribution in [1.29, 1.82) is 0 Å². The lowest BCUT2D eigenvalue weighted by Gasteiger charge is -2.28. The van der Waals surface area contributed by atoms with Crippen molar-refractivity contribution in [2.24, 2.45) is 5.92 Å². The molecule has 1 aliphatic rings. The van der Waals surface area contributed by atoms with Gasteiger partial charge in [0.1, 0.15) is 5.75 Å². The van der Waals surface area contributed by atoms with Crippen molar-refractivity contribution >= 4 is 10.8 Å². The van der Waals surface area contributed by atoms with Crippen LogP contribution < -0.4 is 4.74 Å². The van der Waals surface area contributed by atoms with Crippen molar-refractivity contribution in [3.05, 3.63) is 66.2 Å². The van der Waals surface area contributed by atoms with Crippen LogP contribution in [0, 0.1) is 5.92 Å². The molecular formula is C26H27F3O. The van der Waals surface area contributed by atoms with Gasteiger partial charge in [0.05, 0.1) is 0 Å². The van der Waals surface area contributed by atoms with Gasteiger partial charge in [0.2, 0.25) is 0 Å². The highest BCUT2D eigenvalue weighted by Gasteiger charge is 2.31. The molecule has 158 valence electrons. The Labute approximate surface area is 175 Å². The van der Waals surface area contributed by atoms with Gasteiger partial charge in [-0.3, -0.25) is 0 Å². The number of rotatable bonds is 5. The van der Waals surface area contributed by atoms with Crippen molar-refractivity contribution < 1.29 is 17.9 Å². The second-order valence-electron chi connectivity index (χ2n) is 8.40. The maximum absolute atomic E-state index is 12.3. The van der Waals surface area contributed by atoms with E-state index in [0.717, 1.165) is 22.4 Å². The predicted molar refractivity (Wildman–Crippen MR) is 116 cm³/mol. The Kier molecular flexibility index (Phi) is 6.03. The largest absolute Gasteiger partial charge is 0.573 e. The van der Waals surface area contributed by atoms with Gasteiger partial charge < -0.3 is 4.74 Å². The lowest BCUT2D eigenvalue weighted by Crippen LogP contribution is -2.16. The Morgan fingerprint density at radius 1 is 0.800 bits per heavy atom. The third-order valence-corrected chi connectivity index (χ3v) is 6.30.